The lowest BCUT2D eigenvalue weighted by molar-refractivity contribution is -0.121. The van der Waals surface area contributed by atoms with E-state index in [1.807, 2.05) is 19.0 Å². The molecule has 0 aliphatic heterocycles. The molecule has 1 rings (SSSR count). The van der Waals surface area contributed by atoms with Crippen LogP contribution in [0.3, 0.4) is 0 Å². The molecule has 1 heterocycles. The minimum Gasteiger partial charge on any atom is -0.355 e. The Hall–Kier alpha value is -2.02. The van der Waals surface area contributed by atoms with Gasteiger partial charge in [-0.05, 0) is 26.4 Å². The molecule has 0 spiro atoms. The number of aromatic nitrogens is 2. The van der Waals surface area contributed by atoms with E-state index in [1.165, 1.54) is 18.6 Å². The molecule has 0 radical (unpaired) electrons. The molecule has 7 nitrogen and oxygen atoms in total. The zero-order chi connectivity index (χ0) is 17.9. The van der Waals surface area contributed by atoms with Gasteiger partial charge in [-0.15, -0.1) is 0 Å². The van der Waals surface area contributed by atoms with Crippen molar-refractivity contribution in [3.05, 3.63) is 24.3 Å². The minimum absolute atomic E-state index is 0.0432. The highest BCUT2D eigenvalue weighted by Gasteiger charge is 2.18. The van der Waals surface area contributed by atoms with Crippen molar-refractivity contribution in [3.63, 3.8) is 0 Å². The van der Waals surface area contributed by atoms with Crippen LogP contribution < -0.4 is 5.32 Å². The molecule has 0 aliphatic carbocycles. The molecular weight excluding hydrogens is 306 g/mol. The number of amides is 2. The summed E-state index contributed by atoms with van der Waals surface area (Å²) < 4.78 is 0. The third-order valence-electron chi connectivity index (χ3n) is 3.54. The van der Waals surface area contributed by atoms with Crippen LogP contribution >= 0.6 is 0 Å². The number of nitrogens with zero attached hydrogens (tertiary/aromatic N) is 4. The highest BCUT2D eigenvalue weighted by Crippen LogP contribution is 2.07. The molecule has 0 saturated heterocycles. The maximum Gasteiger partial charge on any atom is 0.274 e. The summed E-state index contributed by atoms with van der Waals surface area (Å²) in [5.41, 5.74) is 0.314. The molecule has 0 bridgehead atoms. The summed E-state index contributed by atoms with van der Waals surface area (Å²) in [5.74, 6) is 0.263. The standard InChI is InChI=1S/C17H29N5O2/c1-14(2)5-10-22(17(24)15-13-18-7-8-19-15)11-6-16(23)20-9-12-21(3)4/h7-8,13-14H,5-6,9-12H2,1-4H3,(H,20,23). The van der Waals surface area contributed by atoms with E-state index in [0.717, 1.165) is 13.0 Å². The number of rotatable bonds is 10. The van der Waals surface area contributed by atoms with Crippen molar-refractivity contribution in [2.24, 2.45) is 5.92 Å². The first-order chi connectivity index (χ1) is 11.4. The second kappa shape index (κ2) is 10.7. The summed E-state index contributed by atoms with van der Waals surface area (Å²) in [6.07, 6.45) is 5.67. The Morgan fingerprint density at radius 3 is 2.50 bits per heavy atom. The first-order valence-corrected chi connectivity index (χ1v) is 8.37. The van der Waals surface area contributed by atoms with Gasteiger partial charge in [0.25, 0.3) is 5.91 Å². The van der Waals surface area contributed by atoms with Crippen LogP contribution in [0.4, 0.5) is 0 Å². The van der Waals surface area contributed by atoms with Crippen molar-refractivity contribution in [2.75, 3.05) is 40.3 Å². The van der Waals surface area contributed by atoms with Crippen molar-refractivity contribution in [1.29, 1.82) is 0 Å². The third kappa shape index (κ3) is 8.01. The van der Waals surface area contributed by atoms with E-state index >= 15 is 0 Å². The number of carbonyl (C=O) groups excluding carboxylic acids is 2. The average Bonchev–Trinajstić information content (AvgIpc) is 2.54. The van der Waals surface area contributed by atoms with Crippen LogP contribution in [0.15, 0.2) is 18.6 Å². The SMILES string of the molecule is CC(C)CCN(CCC(=O)NCCN(C)C)C(=O)c1cnccn1. The fourth-order valence-electron chi connectivity index (χ4n) is 2.04. The lowest BCUT2D eigenvalue weighted by Crippen LogP contribution is -2.38. The Kier molecular flexibility index (Phi) is 8.93. The van der Waals surface area contributed by atoms with E-state index in [4.69, 9.17) is 0 Å². The molecular formula is C17H29N5O2. The van der Waals surface area contributed by atoms with Crippen LogP contribution in [0.2, 0.25) is 0 Å². The lowest BCUT2D eigenvalue weighted by atomic mass is 10.1. The lowest BCUT2D eigenvalue weighted by Gasteiger charge is -2.23. The summed E-state index contributed by atoms with van der Waals surface area (Å²) in [6, 6.07) is 0. The van der Waals surface area contributed by atoms with Crippen molar-refractivity contribution in [2.45, 2.75) is 26.7 Å². The Morgan fingerprint density at radius 1 is 1.17 bits per heavy atom. The van der Waals surface area contributed by atoms with Gasteiger partial charge in [0.2, 0.25) is 5.91 Å². The molecule has 1 aromatic heterocycles. The van der Waals surface area contributed by atoms with E-state index in [0.29, 0.717) is 31.2 Å². The van der Waals surface area contributed by atoms with Gasteiger partial charge in [0.15, 0.2) is 0 Å². The van der Waals surface area contributed by atoms with Crippen LogP contribution in [0.25, 0.3) is 0 Å². The van der Waals surface area contributed by atoms with Gasteiger partial charge in [0, 0.05) is 45.0 Å². The number of nitrogens with one attached hydrogen (secondary N) is 1. The fraction of sp³-hybridized carbons (Fsp3) is 0.647. The third-order valence-corrected chi connectivity index (χ3v) is 3.54. The van der Waals surface area contributed by atoms with Crippen LogP contribution in [0.5, 0.6) is 0 Å². The number of likely N-dealkylation sites (N-methyl/N-ethyl adjacent to an activating group) is 1. The van der Waals surface area contributed by atoms with Crippen molar-refractivity contribution in [3.8, 4) is 0 Å². The van der Waals surface area contributed by atoms with Crippen LogP contribution in [-0.2, 0) is 4.79 Å². The number of carbonyl (C=O) groups is 2. The Balaban J connectivity index is 2.56. The number of hydrogen-bond donors (Lipinski definition) is 1. The molecule has 1 aromatic rings. The van der Waals surface area contributed by atoms with Crippen molar-refractivity contribution >= 4 is 11.8 Å². The second-order valence-corrected chi connectivity index (χ2v) is 6.47. The molecule has 0 fully saturated rings. The van der Waals surface area contributed by atoms with Gasteiger partial charge in [-0.2, -0.15) is 0 Å². The highest BCUT2D eigenvalue weighted by molar-refractivity contribution is 5.92. The van der Waals surface area contributed by atoms with Crippen LogP contribution in [0, 0.1) is 5.92 Å². The number of hydrogen-bond acceptors (Lipinski definition) is 5. The Morgan fingerprint density at radius 2 is 1.92 bits per heavy atom. The summed E-state index contributed by atoms with van der Waals surface area (Å²) in [6.45, 7) is 6.61. The topological polar surface area (TPSA) is 78.4 Å². The summed E-state index contributed by atoms with van der Waals surface area (Å²) in [5, 5.41) is 2.87. The van der Waals surface area contributed by atoms with Gasteiger partial charge in [-0.3, -0.25) is 14.6 Å². The first-order valence-electron chi connectivity index (χ1n) is 8.37. The minimum atomic E-state index is -0.176. The molecule has 134 valence electrons. The molecule has 1 N–H and O–H groups in total. The van der Waals surface area contributed by atoms with E-state index in [9.17, 15) is 9.59 Å². The second-order valence-electron chi connectivity index (χ2n) is 6.47. The molecule has 24 heavy (non-hydrogen) atoms. The van der Waals surface area contributed by atoms with E-state index in [-0.39, 0.29) is 18.2 Å². The van der Waals surface area contributed by atoms with Gasteiger partial charge in [0.1, 0.15) is 5.69 Å². The molecule has 0 aliphatic rings. The quantitative estimate of drug-likeness (QED) is 0.691. The largest absolute Gasteiger partial charge is 0.355 e. The molecule has 0 aromatic carbocycles. The van der Waals surface area contributed by atoms with Crippen molar-refractivity contribution < 1.29 is 9.59 Å². The van der Waals surface area contributed by atoms with Gasteiger partial charge < -0.3 is 15.1 Å². The maximum atomic E-state index is 12.6. The van der Waals surface area contributed by atoms with Crippen LogP contribution in [-0.4, -0.2) is 71.9 Å². The predicted octanol–water partition coefficient (Wildman–Crippen LogP) is 1.03. The molecule has 0 atom stereocenters. The van der Waals surface area contributed by atoms with E-state index < -0.39 is 0 Å². The summed E-state index contributed by atoms with van der Waals surface area (Å²) in [4.78, 5) is 36.2. The fourth-order valence-corrected chi connectivity index (χ4v) is 2.04. The Labute approximate surface area is 144 Å². The van der Waals surface area contributed by atoms with Crippen molar-refractivity contribution in [1.82, 2.24) is 25.1 Å². The molecule has 0 saturated carbocycles. The van der Waals surface area contributed by atoms with Gasteiger partial charge in [-0.25, -0.2) is 4.98 Å². The van der Waals surface area contributed by atoms with Gasteiger partial charge in [-0.1, -0.05) is 13.8 Å². The maximum absolute atomic E-state index is 12.6. The molecule has 7 heteroatoms. The summed E-state index contributed by atoms with van der Waals surface area (Å²) in [7, 11) is 3.92. The zero-order valence-corrected chi connectivity index (χ0v) is 15.2. The molecule has 0 unspecified atom stereocenters. The monoisotopic (exact) mass is 335 g/mol. The summed E-state index contributed by atoms with van der Waals surface area (Å²) >= 11 is 0. The highest BCUT2D eigenvalue weighted by atomic mass is 16.2. The average molecular weight is 335 g/mol. The van der Waals surface area contributed by atoms with E-state index in [1.54, 1.807) is 4.90 Å². The molecule has 2 amide bonds. The van der Waals surface area contributed by atoms with Gasteiger partial charge >= 0.3 is 0 Å². The predicted molar refractivity (Wildman–Crippen MR) is 93.6 cm³/mol. The first kappa shape index (κ1) is 20.0. The van der Waals surface area contributed by atoms with E-state index in [2.05, 4.69) is 29.1 Å². The van der Waals surface area contributed by atoms with Gasteiger partial charge in [0.05, 0.1) is 6.20 Å². The smallest absolute Gasteiger partial charge is 0.274 e. The van der Waals surface area contributed by atoms with Crippen LogP contribution in [0.1, 0.15) is 37.2 Å². The zero-order valence-electron chi connectivity index (χ0n) is 15.2. The normalized spacial score (nSPS) is 10.9. The Bertz CT molecular complexity index is 505.